The number of hydrogen-bond acceptors (Lipinski definition) is 7. The molecule has 1 heterocycles. The number of ether oxygens (including phenoxy) is 3. The number of carboxylic acid groups (broad SMARTS) is 1. The van der Waals surface area contributed by atoms with Crippen LogP contribution >= 0.6 is 0 Å². The molecule has 0 aromatic carbocycles. The number of hydrogen-bond donors (Lipinski definition) is 2. The lowest BCUT2D eigenvalue weighted by Gasteiger charge is -2.50. The second-order valence-electron chi connectivity index (χ2n) is 10.4. The monoisotopic (exact) mass is 468 g/mol. The van der Waals surface area contributed by atoms with Gasteiger partial charge in [0.1, 0.15) is 18.8 Å². The fourth-order valence-corrected chi connectivity index (χ4v) is 6.09. The summed E-state index contributed by atoms with van der Waals surface area (Å²) < 4.78 is 17.2. The molecule has 3 fully saturated rings. The molecule has 1 saturated heterocycles. The Morgan fingerprint density at radius 2 is 1.94 bits per heavy atom. The van der Waals surface area contributed by atoms with Gasteiger partial charge in [-0.3, -0.25) is 9.59 Å². The van der Waals surface area contributed by atoms with Crippen LogP contribution in [0.25, 0.3) is 0 Å². The lowest BCUT2D eigenvalue weighted by atomic mass is 9.59. The molecule has 9 atom stereocenters. The number of esters is 2. The van der Waals surface area contributed by atoms with E-state index in [0.717, 1.165) is 25.7 Å². The third kappa shape index (κ3) is 6.92. The van der Waals surface area contributed by atoms with Crippen molar-refractivity contribution in [2.24, 2.45) is 29.6 Å². The molecule has 2 saturated carbocycles. The molecule has 8 heteroatoms. The Kier molecular flexibility index (Phi) is 9.16. The Labute approximate surface area is 196 Å². The molecule has 8 nitrogen and oxygen atoms in total. The van der Waals surface area contributed by atoms with E-state index in [9.17, 15) is 19.5 Å². The first-order valence-electron chi connectivity index (χ1n) is 12.6. The molecule has 0 aromatic heterocycles. The number of cyclic esters (lactones) is 1. The maximum absolute atomic E-state index is 12.7. The summed E-state index contributed by atoms with van der Waals surface area (Å²) in [5, 5.41) is 19.0. The van der Waals surface area contributed by atoms with E-state index in [1.165, 1.54) is 0 Å². The van der Waals surface area contributed by atoms with Crippen molar-refractivity contribution in [3.8, 4) is 0 Å². The van der Waals surface area contributed by atoms with Crippen molar-refractivity contribution < 1.29 is 38.8 Å². The third-order valence-electron chi connectivity index (χ3n) is 8.03. The van der Waals surface area contributed by atoms with E-state index in [4.69, 9.17) is 19.3 Å². The molecule has 1 unspecified atom stereocenters. The summed E-state index contributed by atoms with van der Waals surface area (Å²) >= 11 is 0. The quantitative estimate of drug-likeness (QED) is 0.495. The predicted molar refractivity (Wildman–Crippen MR) is 119 cm³/mol. The van der Waals surface area contributed by atoms with Crippen LogP contribution in [-0.4, -0.2) is 59.1 Å². The second-order valence-corrected chi connectivity index (χ2v) is 10.4. The van der Waals surface area contributed by atoms with Crippen LogP contribution in [0.1, 0.15) is 78.6 Å². The minimum atomic E-state index is -0.996. The van der Waals surface area contributed by atoms with Crippen LogP contribution in [-0.2, 0) is 28.6 Å². The van der Waals surface area contributed by atoms with Gasteiger partial charge in [-0.2, -0.15) is 0 Å². The van der Waals surface area contributed by atoms with E-state index in [0.29, 0.717) is 43.4 Å². The number of aliphatic hydroxyl groups excluding tert-OH is 1. The van der Waals surface area contributed by atoms with Crippen LogP contribution in [0, 0.1) is 29.6 Å². The number of rotatable bonds is 9. The van der Waals surface area contributed by atoms with Crippen LogP contribution in [0.3, 0.4) is 0 Å². The highest BCUT2D eigenvalue weighted by molar-refractivity contribution is 5.72. The molecular formula is C25H40O8. The Morgan fingerprint density at radius 3 is 2.61 bits per heavy atom. The van der Waals surface area contributed by atoms with Gasteiger partial charge in [-0.25, -0.2) is 4.79 Å². The molecule has 3 aliphatic rings. The van der Waals surface area contributed by atoms with Crippen molar-refractivity contribution in [1.29, 1.82) is 0 Å². The summed E-state index contributed by atoms with van der Waals surface area (Å²) in [7, 11) is 0. The summed E-state index contributed by atoms with van der Waals surface area (Å²) in [6.45, 7) is 5.72. The zero-order chi connectivity index (χ0) is 24.1. The zero-order valence-corrected chi connectivity index (χ0v) is 20.1. The summed E-state index contributed by atoms with van der Waals surface area (Å²) in [6, 6.07) is 0. The van der Waals surface area contributed by atoms with Crippen LogP contribution in [0.5, 0.6) is 0 Å². The van der Waals surface area contributed by atoms with E-state index in [1.54, 1.807) is 0 Å². The normalized spacial score (nSPS) is 37.5. The SMILES string of the molecule is CC[C@H](C)C(=O)O[C@H]1C[C@H](OCC(=O)O)C[C@@H]2CC[C@H](C)[C@H](CCC3C[C@H](O)CC(=O)O3)[C@H]21. The first-order chi connectivity index (χ1) is 15.7. The molecule has 2 aliphatic carbocycles. The lowest BCUT2D eigenvalue weighted by molar-refractivity contribution is -0.176. The van der Waals surface area contributed by atoms with Crippen molar-refractivity contribution in [3.05, 3.63) is 0 Å². The maximum atomic E-state index is 12.7. The number of fused-ring (bicyclic) bond motifs is 1. The molecule has 33 heavy (non-hydrogen) atoms. The highest BCUT2D eigenvalue weighted by Crippen LogP contribution is 2.50. The summed E-state index contributed by atoms with van der Waals surface area (Å²) in [5.74, 6) is -0.515. The van der Waals surface area contributed by atoms with Crippen molar-refractivity contribution in [2.75, 3.05) is 6.61 Å². The van der Waals surface area contributed by atoms with E-state index >= 15 is 0 Å². The number of carboxylic acids is 1. The largest absolute Gasteiger partial charge is 0.480 e. The molecule has 0 amide bonds. The number of aliphatic hydroxyl groups is 1. The van der Waals surface area contributed by atoms with Crippen LogP contribution in [0.2, 0.25) is 0 Å². The van der Waals surface area contributed by atoms with Gasteiger partial charge in [0.2, 0.25) is 0 Å². The lowest BCUT2D eigenvalue weighted by Crippen LogP contribution is -2.50. The van der Waals surface area contributed by atoms with Crippen molar-refractivity contribution in [2.45, 2.75) is 103 Å². The first kappa shape index (κ1) is 25.9. The van der Waals surface area contributed by atoms with E-state index in [1.807, 2.05) is 13.8 Å². The van der Waals surface area contributed by atoms with Gasteiger partial charge < -0.3 is 24.4 Å². The molecule has 188 valence electrons. The van der Waals surface area contributed by atoms with Crippen molar-refractivity contribution in [3.63, 3.8) is 0 Å². The van der Waals surface area contributed by atoms with Gasteiger partial charge in [0.05, 0.1) is 24.5 Å². The molecule has 2 N–H and O–H groups in total. The van der Waals surface area contributed by atoms with E-state index < -0.39 is 12.1 Å². The minimum Gasteiger partial charge on any atom is -0.480 e. The number of carbonyl (C=O) groups is 3. The smallest absolute Gasteiger partial charge is 0.329 e. The average Bonchev–Trinajstić information content (AvgIpc) is 2.75. The standard InChI is InChI=1S/C25H40O8/c1-4-14(2)25(30)33-21-12-19(31-13-22(27)28)9-16-6-5-15(3)20(24(16)21)8-7-18-10-17(26)11-23(29)32-18/h14-21,24,26H,4-13H2,1-3H3,(H,27,28)/t14-,15-,16-,17-,18?,19+,20-,21-,24-/m0/s1. The molecule has 1 aliphatic heterocycles. The van der Waals surface area contributed by atoms with Gasteiger partial charge in [0.25, 0.3) is 0 Å². The Balaban J connectivity index is 1.73. The fourth-order valence-electron chi connectivity index (χ4n) is 6.09. The Bertz CT molecular complexity index is 694. The van der Waals surface area contributed by atoms with Gasteiger partial charge in [0, 0.05) is 18.8 Å². The summed E-state index contributed by atoms with van der Waals surface area (Å²) in [4.78, 5) is 35.5. The van der Waals surface area contributed by atoms with Crippen molar-refractivity contribution in [1.82, 2.24) is 0 Å². The molecule has 0 bridgehead atoms. The number of carbonyl (C=O) groups excluding carboxylic acids is 2. The molecular weight excluding hydrogens is 428 g/mol. The van der Waals surface area contributed by atoms with E-state index in [-0.39, 0.29) is 55.1 Å². The number of aliphatic carboxylic acids is 1. The first-order valence-corrected chi connectivity index (χ1v) is 12.6. The Morgan fingerprint density at radius 1 is 1.18 bits per heavy atom. The van der Waals surface area contributed by atoms with Crippen LogP contribution in [0.15, 0.2) is 0 Å². The summed E-state index contributed by atoms with van der Waals surface area (Å²) in [6.07, 6.45) is 4.64. The van der Waals surface area contributed by atoms with Crippen LogP contribution < -0.4 is 0 Å². The van der Waals surface area contributed by atoms with Gasteiger partial charge in [0.15, 0.2) is 0 Å². The highest BCUT2D eigenvalue weighted by Gasteiger charge is 2.48. The highest BCUT2D eigenvalue weighted by atomic mass is 16.6. The molecule has 0 aromatic rings. The van der Waals surface area contributed by atoms with Crippen molar-refractivity contribution >= 4 is 17.9 Å². The van der Waals surface area contributed by atoms with Gasteiger partial charge in [-0.1, -0.05) is 27.2 Å². The van der Waals surface area contributed by atoms with Gasteiger partial charge in [-0.05, 0) is 49.9 Å². The maximum Gasteiger partial charge on any atom is 0.329 e. The van der Waals surface area contributed by atoms with E-state index in [2.05, 4.69) is 6.92 Å². The second kappa shape index (κ2) is 11.6. The molecule has 0 spiro atoms. The predicted octanol–water partition coefficient (Wildman–Crippen LogP) is 3.33. The third-order valence-corrected chi connectivity index (χ3v) is 8.03. The topological polar surface area (TPSA) is 119 Å². The fraction of sp³-hybridized carbons (Fsp3) is 0.880. The molecule has 3 rings (SSSR count). The van der Waals surface area contributed by atoms with Gasteiger partial charge in [-0.15, -0.1) is 0 Å². The van der Waals surface area contributed by atoms with Crippen LogP contribution in [0.4, 0.5) is 0 Å². The average molecular weight is 469 g/mol. The Hall–Kier alpha value is -1.67. The van der Waals surface area contributed by atoms with Gasteiger partial charge >= 0.3 is 17.9 Å². The minimum absolute atomic E-state index is 0.0619. The zero-order valence-electron chi connectivity index (χ0n) is 20.1. The molecule has 0 radical (unpaired) electrons. The summed E-state index contributed by atoms with van der Waals surface area (Å²) in [5.41, 5.74) is 0.